The Bertz CT molecular complexity index is 736. The number of halogens is 4. The molecule has 0 spiro atoms. The Hall–Kier alpha value is -1.000. The second kappa shape index (κ2) is 6.25. The van der Waals surface area contributed by atoms with Gasteiger partial charge >= 0.3 is 0 Å². The molecule has 1 aliphatic carbocycles. The van der Waals surface area contributed by atoms with Gasteiger partial charge in [-0.2, -0.15) is 0 Å². The van der Waals surface area contributed by atoms with Crippen molar-refractivity contribution in [1.82, 2.24) is 10.3 Å². The summed E-state index contributed by atoms with van der Waals surface area (Å²) in [5.41, 5.74) is 1.18. The zero-order chi connectivity index (χ0) is 15.9. The predicted octanol–water partition coefficient (Wildman–Crippen LogP) is 4.98. The highest BCUT2D eigenvalue weighted by Gasteiger charge is 2.40. The summed E-state index contributed by atoms with van der Waals surface area (Å²) in [6, 6.07) is 10.0. The Morgan fingerprint density at radius 2 is 1.73 bits per heavy atom. The smallest absolute Gasteiger partial charge is 0.271 e. The lowest BCUT2D eigenvalue weighted by Gasteiger charge is -2.09. The van der Waals surface area contributed by atoms with Crippen LogP contribution in [-0.2, 0) is 0 Å². The highest BCUT2D eigenvalue weighted by Crippen LogP contribution is 2.41. The van der Waals surface area contributed by atoms with Crippen molar-refractivity contribution in [2.45, 2.75) is 18.4 Å². The van der Waals surface area contributed by atoms with Crippen LogP contribution in [0.3, 0.4) is 0 Å². The van der Waals surface area contributed by atoms with Gasteiger partial charge in [0.25, 0.3) is 5.91 Å². The van der Waals surface area contributed by atoms with Crippen molar-refractivity contribution in [3.05, 3.63) is 61.8 Å². The third-order valence-corrected chi connectivity index (χ3v) is 5.21. The average molecular weight is 376 g/mol. The lowest BCUT2D eigenvalue weighted by molar-refractivity contribution is 0.0945. The molecule has 0 unspecified atom stereocenters. The molecule has 0 aliphatic heterocycles. The van der Waals surface area contributed by atoms with E-state index < -0.39 is 5.91 Å². The molecule has 1 aromatic heterocycles. The maximum atomic E-state index is 12.3. The van der Waals surface area contributed by atoms with Crippen LogP contribution < -0.4 is 5.32 Å². The van der Waals surface area contributed by atoms with Crippen molar-refractivity contribution in [2.24, 2.45) is 0 Å². The highest BCUT2D eigenvalue weighted by atomic mass is 35.5. The molecule has 114 valence electrons. The van der Waals surface area contributed by atoms with Gasteiger partial charge in [-0.25, -0.2) is 4.98 Å². The normalized spacial score (nSPS) is 19.8. The van der Waals surface area contributed by atoms with Crippen LogP contribution in [-0.4, -0.2) is 16.9 Å². The number of amides is 1. The van der Waals surface area contributed by atoms with E-state index in [2.05, 4.69) is 10.3 Å². The summed E-state index contributed by atoms with van der Waals surface area (Å²) in [6.07, 6.45) is 0.877. The number of hydrogen-bond donors (Lipinski definition) is 1. The average Bonchev–Trinajstić information content (AvgIpc) is 3.28. The molecule has 1 saturated carbocycles. The molecule has 0 radical (unpaired) electrons. The number of carbonyl (C=O) groups excluding carboxylic acids is 1. The van der Waals surface area contributed by atoms with Crippen LogP contribution in [0.5, 0.6) is 0 Å². The molecular weight excluding hydrogens is 366 g/mol. The van der Waals surface area contributed by atoms with Crippen LogP contribution in [0.15, 0.2) is 30.3 Å². The summed E-state index contributed by atoms with van der Waals surface area (Å²) in [5.74, 6) is -0.101. The number of nitrogens with one attached hydrogen (secondary N) is 1. The first-order chi connectivity index (χ1) is 10.5. The summed E-state index contributed by atoms with van der Waals surface area (Å²) < 4.78 is 0. The van der Waals surface area contributed by atoms with Gasteiger partial charge in [0.1, 0.15) is 10.8 Å². The quantitative estimate of drug-likeness (QED) is 0.768. The zero-order valence-corrected chi connectivity index (χ0v) is 14.1. The monoisotopic (exact) mass is 374 g/mol. The molecule has 2 aromatic rings. The first-order valence-corrected chi connectivity index (χ1v) is 8.06. The molecule has 1 heterocycles. The van der Waals surface area contributed by atoms with E-state index in [1.54, 1.807) is 0 Å². The van der Waals surface area contributed by atoms with Gasteiger partial charge < -0.3 is 5.32 Å². The minimum Gasteiger partial charge on any atom is -0.347 e. The number of pyridine rings is 1. The first kappa shape index (κ1) is 15.9. The van der Waals surface area contributed by atoms with Crippen LogP contribution in [0.1, 0.15) is 28.4 Å². The number of rotatable bonds is 3. The van der Waals surface area contributed by atoms with Crippen molar-refractivity contribution in [2.75, 3.05) is 0 Å². The summed E-state index contributed by atoms with van der Waals surface area (Å²) >= 11 is 23.6. The summed E-state index contributed by atoms with van der Waals surface area (Å²) in [4.78, 5) is 16.2. The molecule has 0 bridgehead atoms. The van der Waals surface area contributed by atoms with Crippen LogP contribution >= 0.6 is 46.4 Å². The minimum atomic E-state index is -0.408. The predicted molar refractivity (Wildman–Crippen MR) is 89.3 cm³/mol. The fourth-order valence-corrected chi connectivity index (χ4v) is 3.11. The Balaban J connectivity index is 1.75. The van der Waals surface area contributed by atoms with E-state index in [0.29, 0.717) is 5.92 Å². The summed E-state index contributed by atoms with van der Waals surface area (Å²) in [7, 11) is 0. The van der Waals surface area contributed by atoms with E-state index in [1.165, 1.54) is 5.56 Å². The van der Waals surface area contributed by atoms with Gasteiger partial charge in [-0.3, -0.25) is 4.79 Å². The third kappa shape index (κ3) is 3.04. The van der Waals surface area contributed by atoms with E-state index >= 15 is 0 Å². The maximum Gasteiger partial charge on any atom is 0.271 e. The molecule has 2 atom stereocenters. The second-order valence-electron chi connectivity index (χ2n) is 5.03. The highest BCUT2D eigenvalue weighted by molar-refractivity contribution is 6.52. The Morgan fingerprint density at radius 3 is 2.41 bits per heavy atom. The van der Waals surface area contributed by atoms with Crippen LogP contribution in [0.4, 0.5) is 0 Å². The molecule has 7 heteroatoms. The molecule has 22 heavy (non-hydrogen) atoms. The van der Waals surface area contributed by atoms with E-state index in [-0.39, 0.29) is 32.0 Å². The van der Waals surface area contributed by atoms with Crippen molar-refractivity contribution in [3.8, 4) is 0 Å². The second-order valence-corrected chi connectivity index (χ2v) is 6.52. The van der Waals surface area contributed by atoms with Gasteiger partial charge in [-0.1, -0.05) is 76.7 Å². The van der Waals surface area contributed by atoms with E-state index in [0.717, 1.165) is 6.42 Å². The van der Waals surface area contributed by atoms with Crippen LogP contribution in [0.2, 0.25) is 20.2 Å². The summed E-state index contributed by atoms with van der Waals surface area (Å²) in [5, 5.41) is 2.92. The molecular formula is C15H10Cl4N2O. The lowest BCUT2D eigenvalue weighted by Crippen LogP contribution is -2.28. The van der Waals surface area contributed by atoms with Gasteiger partial charge in [-0.15, -0.1) is 0 Å². The van der Waals surface area contributed by atoms with Gasteiger partial charge in [-0.05, 0) is 12.0 Å². The lowest BCUT2D eigenvalue weighted by atomic mass is 10.1. The molecule has 1 aliphatic rings. The van der Waals surface area contributed by atoms with Crippen molar-refractivity contribution < 1.29 is 4.79 Å². The molecule has 3 rings (SSSR count). The minimum absolute atomic E-state index is 0.00507. The molecule has 3 nitrogen and oxygen atoms in total. The fourth-order valence-electron chi connectivity index (χ4n) is 2.30. The van der Waals surface area contributed by atoms with Gasteiger partial charge in [0.2, 0.25) is 0 Å². The first-order valence-electron chi connectivity index (χ1n) is 6.55. The Morgan fingerprint density at radius 1 is 1.05 bits per heavy atom. The van der Waals surface area contributed by atoms with Gasteiger partial charge in [0.05, 0.1) is 15.1 Å². The fraction of sp³-hybridized carbons (Fsp3) is 0.200. The summed E-state index contributed by atoms with van der Waals surface area (Å²) in [6.45, 7) is 0. The van der Waals surface area contributed by atoms with Crippen molar-refractivity contribution in [3.63, 3.8) is 0 Å². The number of nitrogens with zero attached hydrogens (tertiary/aromatic N) is 1. The number of carbonyl (C=O) groups is 1. The molecule has 0 saturated heterocycles. The maximum absolute atomic E-state index is 12.3. The van der Waals surface area contributed by atoms with E-state index in [9.17, 15) is 4.79 Å². The van der Waals surface area contributed by atoms with Crippen molar-refractivity contribution >= 4 is 52.3 Å². The number of aromatic nitrogens is 1. The SMILES string of the molecule is O=C(N[C@H]1C[C@H]1c1ccccc1)c1nc(Cl)c(Cl)c(Cl)c1Cl. The number of benzene rings is 1. The van der Waals surface area contributed by atoms with E-state index in [4.69, 9.17) is 46.4 Å². The van der Waals surface area contributed by atoms with Gasteiger partial charge in [0, 0.05) is 12.0 Å². The molecule has 1 aromatic carbocycles. The number of hydrogen-bond acceptors (Lipinski definition) is 2. The topological polar surface area (TPSA) is 42.0 Å². The molecule has 1 fully saturated rings. The van der Waals surface area contributed by atoms with Crippen LogP contribution in [0, 0.1) is 0 Å². The largest absolute Gasteiger partial charge is 0.347 e. The van der Waals surface area contributed by atoms with E-state index in [1.807, 2.05) is 30.3 Å². The standard InChI is InChI=1S/C15H10Cl4N2O/c16-10-11(17)13(21-14(19)12(10)18)15(22)20-9-6-8(9)7-4-2-1-3-5-7/h1-5,8-9H,6H2,(H,20,22)/t8-,9-/m0/s1. The van der Waals surface area contributed by atoms with Crippen molar-refractivity contribution in [1.29, 1.82) is 0 Å². The Kier molecular flexibility index (Phi) is 4.51. The third-order valence-electron chi connectivity index (χ3n) is 3.53. The van der Waals surface area contributed by atoms with Crippen LogP contribution in [0.25, 0.3) is 0 Å². The molecule has 1 amide bonds. The van der Waals surface area contributed by atoms with Gasteiger partial charge in [0.15, 0.2) is 0 Å². The Labute approximate surface area is 147 Å². The molecule has 1 N–H and O–H groups in total. The zero-order valence-electron chi connectivity index (χ0n) is 11.1.